The van der Waals surface area contributed by atoms with E-state index in [1.807, 2.05) is 13.8 Å². The van der Waals surface area contributed by atoms with E-state index in [-0.39, 0.29) is 36.2 Å². The topological polar surface area (TPSA) is 32.8 Å². The van der Waals surface area contributed by atoms with Gasteiger partial charge in [0.05, 0.1) is 0 Å². The van der Waals surface area contributed by atoms with Crippen LogP contribution in [0.4, 0.5) is 13.2 Å². The number of carbonyl (C=O) groups is 1. The van der Waals surface area contributed by atoms with Gasteiger partial charge in [0.25, 0.3) is 5.91 Å². The molecule has 0 bridgehead atoms. The van der Waals surface area contributed by atoms with Crippen LogP contribution in [-0.2, 0) is 11.3 Å². The minimum atomic E-state index is -0.835. The highest BCUT2D eigenvalue weighted by molar-refractivity contribution is 5.78. The van der Waals surface area contributed by atoms with E-state index >= 15 is 0 Å². The van der Waals surface area contributed by atoms with Gasteiger partial charge in [-0.3, -0.25) is 9.69 Å². The molecule has 1 heterocycles. The Labute approximate surface area is 162 Å². The lowest BCUT2D eigenvalue weighted by molar-refractivity contribution is -0.139. The summed E-state index contributed by atoms with van der Waals surface area (Å²) in [4.78, 5) is 16.5. The summed E-state index contributed by atoms with van der Waals surface area (Å²) in [5.41, 5.74) is 1.01. The summed E-state index contributed by atoms with van der Waals surface area (Å²) in [5.74, 6) is -2.19. The number of nitrogens with zero attached hydrogens (tertiary/aromatic N) is 2. The first-order chi connectivity index (χ1) is 13.3. The number of carbonyl (C=O) groups excluding carboxylic acids is 1. The van der Waals surface area contributed by atoms with E-state index in [0.29, 0.717) is 19.6 Å². The molecular weight excluding hydrogens is 369 g/mol. The first-order valence-corrected chi connectivity index (χ1v) is 9.19. The predicted molar refractivity (Wildman–Crippen MR) is 99.3 cm³/mol. The number of rotatable bonds is 5. The van der Waals surface area contributed by atoms with Gasteiger partial charge in [-0.1, -0.05) is 12.1 Å². The molecule has 0 radical (unpaired) electrons. The lowest BCUT2D eigenvalue weighted by Crippen LogP contribution is -2.58. The first-order valence-electron chi connectivity index (χ1n) is 9.19. The zero-order chi connectivity index (χ0) is 20.3. The Morgan fingerprint density at radius 1 is 1.00 bits per heavy atom. The number of piperazine rings is 1. The molecule has 1 amide bonds. The van der Waals surface area contributed by atoms with Crippen molar-refractivity contribution in [1.29, 1.82) is 0 Å². The predicted octanol–water partition coefficient (Wildman–Crippen LogP) is 3.60. The quantitative estimate of drug-likeness (QED) is 0.780. The van der Waals surface area contributed by atoms with Crippen LogP contribution in [0.25, 0.3) is 0 Å². The third-order valence-electron chi connectivity index (χ3n) is 4.98. The molecule has 3 rings (SSSR count). The lowest BCUT2D eigenvalue weighted by atomic mass is 10.1. The van der Waals surface area contributed by atoms with Crippen LogP contribution in [0.2, 0.25) is 0 Å². The minimum Gasteiger partial charge on any atom is -0.481 e. The summed E-state index contributed by atoms with van der Waals surface area (Å²) >= 11 is 0. The minimum absolute atomic E-state index is 0.0502. The van der Waals surface area contributed by atoms with Crippen LogP contribution in [0.1, 0.15) is 19.4 Å². The van der Waals surface area contributed by atoms with Crippen molar-refractivity contribution in [2.24, 2.45) is 0 Å². The Balaban J connectivity index is 1.57. The molecule has 0 saturated carbocycles. The smallest absolute Gasteiger partial charge is 0.260 e. The highest BCUT2D eigenvalue weighted by Crippen LogP contribution is 2.20. The van der Waals surface area contributed by atoms with Crippen molar-refractivity contribution < 1.29 is 22.7 Å². The van der Waals surface area contributed by atoms with E-state index in [1.165, 1.54) is 18.2 Å². The van der Waals surface area contributed by atoms with Gasteiger partial charge in [0.15, 0.2) is 18.2 Å². The van der Waals surface area contributed by atoms with Crippen molar-refractivity contribution in [1.82, 2.24) is 9.80 Å². The summed E-state index contributed by atoms with van der Waals surface area (Å²) in [6, 6.07) is 9.43. The van der Waals surface area contributed by atoms with Gasteiger partial charge in [-0.05, 0) is 43.7 Å². The fraction of sp³-hybridized carbons (Fsp3) is 0.381. The molecule has 28 heavy (non-hydrogen) atoms. The van der Waals surface area contributed by atoms with Gasteiger partial charge in [-0.2, -0.15) is 0 Å². The summed E-state index contributed by atoms with van der Waals surface area (Å²) in [7, 11) is 0. The van der Waals surface area contributed by atoms with E-state index in [9.17, 15) is 18.0 Å². The summed E-state index contributed by atoms with van der Waals surface area (Å²) in [5, 5.41) is 0. The second kappa shape index (κ2) is 8.65. The van der Waals surface area contributed by atoms with Crippen LogP contribution in [0.5, 0.6) is 5.75 Å². The van der Waals surface area contributed by atoms with Crippen LogP contribution in [-0.4, -0.2) is 47.5 Å². The van der Waals surface area contributed by atoms with Crippen LogP contribution in [0.15, 0.2) is 42.5 Å². The molecular formula is C21H23F3N2O2. The second-order valence-corrected chi connectivity index (χ2v) is 7.16. The molecule has 0 aromatic heterocycles. The van der Waals surface area contributed by atoms with E-state index in [0.717, 1.165) is 17.7 Å². The van der Waals surface area contributed by atoms with Crippen molar-refractivity contribution >= 4 is 5.91 Å². The number of ether oxygens (including phenoxy) is 1. The van der Waals surface area contributed by atoms with Gasteiger partial charge in [-0.25, -0.2) is 13.2 Å². The average molecular weight is 392 g/mol. The fourth-order valence-corrected chi connectivity index (χ4v) is 3.40. The van der Waals surface area contributed by atoms with Crippen molar-refractivity contribution in [2.75, 3.05) is 19.7 Å². The summed E-state index contributed by atoms with van der Waals surface area (Å²) in [6.45, 7) is 5.50. The van der Waals surface area contributed by atoms with Crippen LogP contribution < -0.4 is 4.74 Å². The molecule has 150 valence electrons. The Morgan fingerprint density at radius 3 is 2.36 bits per heavy atom. The molecule has 1 aliphatic heterocycles. The highest BCUT2D eigenvalue weighted by atomic mass is 19.1. The zero-order valence-corrected chi connectivity index (χ0v) is 15.9. The molecule has 1 aliphatic rings. The Bertz CT molecular complexity index is 829. The van der Waals surface area contributed by atoms with Crippen molar-refractivity contribution in [3.63, 3.8) is 0 Å². The van der Waals surface area contributed by atoms with Gasteiger partial charge >= 0.3 is 0 Å². The SMILES string of the molecule is C[C@@H]1CN(C(=O)COc2ccc(F)cc2F)[C@@H](C)CN1Cc1ccc(F)cc1. The van der Waals surface area contributed by atoms with E-state index in [2.05, 4.69) is 4.90 Å². The molecule has 0 unspecified atom stereocenters. The molecule has 2 atom stereocenters. The van der Waals surface area contributed by atoms with Gasteiger partial charge in [0, 0.05) is 37.8 Å². The highest BCUT2D eigenvalue weighted by Gasteiger charge is 2.32. The maximum atomic E-state index is 13.6. The monoisotopic (exact) mass is 392 g/mol. The molecule has 1 saturated heterocycles. The zero-order valence-electron chi connectivity index (χ0n) is 15.9. The number of benzene rings is 2. The van der Waals surface area contributed by atoms with Gasteiger partial charge in [-0.15, -0.1) is 0 Å². The molecule has 2 aromatic rings. The van der Waals surface area contributed by atoms with Gasteiger partial charge in [0.1, 0.15) is 11.6 Å². The number of amides is 1. The lowest BCUT2D eigenvalue weighted by Gasteiger charge is -2.44. The molecule has 0 aliphatic carbocycles. The third-order valence-corrected chi connectivity index (χ3v) is 4.98. The van der Waals surface area contributed by atoms with Crippen molar-refractivity contribution in [2.45, 2.75) is 32.5 Å². The van der Waals surface area contributed by atoms with Crippen molar-refractivity contribution in [3.8, 4) is 5.75 Å². The Hall–Kier alpha value is -2.54. The normalized spacial score (nSPS) is 20.2. The van der Waals surface area contributed by atoms with E-state index in [4.69, 9.17) is 4.74 Å². The van der Waals surface area contributed by atoms with Crippen LogP contribution in [0, 0.1) is 17.5 Å². The van der Waals surface area contributed by atoms with Crippen molar-refractivity contribution in [3.05, 3.63) is 65.5 Å². The van der Waals surface area contributed by atoms with E-state index < -0.39 is 11.6 Å². The van der Waals surface area contributed by atoms with Crippen LogP contribution in [0.3, 0.4) is 0 Å². The van der Waals surface area contributed by atoms with E-state index in [1.54, 1.807) is 17.0 Å². The molecule has 7 heteroatoms. The second-order valence-electron chi connectivity index (χ2n) is 7.16. The largest absolute Gasteiger partial charge is 0.481 e. The Morgan fingerprint density at radius 2 is 1.68 bits per heavy atom. The number of halogens is 3. The summed E-state index contributed by atoms with van der Waals surface area (Å²) < 4.78 is 44.9. The average Bonchev–Trinajstić information content (AvgIpc) is 2.65. The summed E-state index contributed by atoms with van der Waals surface area (Å²) in [6.07, 6.45) is 0. The van der Waals surface area contributed by atoms with Crippen LogP contribution >= 0.6 is 0 Å². The molecule has 2 aromatic carbocycles. The van der Waals surface area contributed by atoms with Gasteiger partial charge in [0.2, 0.25) is 0 Å². The molecule has 0 spiro atoms. The van der Waals surface area contributed by atoms with Gasteiger partial charge < -0.3 is 9.64 Å². The molecule has 4 nitrogen and oxygen atoms in total. The maximum Gasteiger partial charge on any atom is 0.260 e. The standard InChI is InChI=1S/C21H23F3N2O2/c1-14-11-26(21(27)13-28-20-8-7-18(23)9-19(20)24)15(2)10-25(14)12-16-3-5-17(22)6-4-16/h3-9,14-15H,10-13H2,1-2H3/t14-,15+/m1/s1. The maximum absolute atomic E-state index is 13.6. The first kappa shape index (κ1) is 20.2. The fourth-order valence-electron chi connectivity index (χ4n) is 3.40. The third kappa shape index (κ3) is 4.84. The number of hydrogen-bond donors (Lipinski definition) is 0. The molecule has 0 N–H and O–H groups in total. The Kier molecular flexibility index (Phi) is 6.24. The number of hydrogen-bond acceptors (Lipinski definition) is 3. The molecule has 1 fully saturated rings.